The van der Waals surface area contributed by atoms with Gasteiger partial charge in [-0.05, 0) is 43.9 Å². The van der Waals surface area contributed by atoms with Crippen LogP contribution in [0.4, 0.5) is 25.3 Å². The van der Waals surface area contributed by atoms with Gasteiger partial charge in [0.15, 0.2) is 11.6 Å². The molecule has 3 saturated heterocycles. The van der Waals surface area contributed by atoms with Gasteiger partial charge in [0, 0.05) is 50.2 Å². The van der Waals surface area contributed by atoms with E-state index >= 15 is 4.39 Å². The molecule has 1 aliphatic carbocycles. The molecule has 9 nitrogen and oxygen atoms in total. The monoisotopic (exact) mass is 565 g/mol. The molecule has 8 rings (SSSR count). The predicted molar refractivity (Wildman–Crippen MR) is 143 cm³/mol. The van der Waals surface area contributed by atoms with Gasteiger partial charge in [-0.25, -0.2) is 28.5 Å². The van der Waals surface area contributed by atoms with E-state index in [1.165, 1.54) is 35.5 Å². The lowest BCUT2D eigenvalue weighted by Gasteiger charge is -2.43. The van der Waals surface area contributed by atoms with Gasteiger partial charge in [-0.3, -0.25) is 9.69 Å². The SMILES string of the molecule is C[C@@]1(c2cccc(Cl)c2F)CN(c2ncccc2F)C(=O)c2cnc(NC3CN(C(=O)N4CC5CC4C5)C3)nc21. The molecule has 1 N–H and O–H groups in total. The van der Waals surface area contributed by atoms with Crippen molar-refractivity contribution >= 4 is 35.3 Å². The molecule has 5 aliphatic rings. The van der Waals surface area contributed by atoms with Crippen molar-refractivity contribution in [1.29, 1.82) is 0 Å². The number of carbonyl (C=O) groups excluding carboxylic acids is 2. The maximum Gasteiger partial charge on any atom is 0.320 e. The highest BCUT2D eigenvalue weighted by atomic mass is 35.5. The lowest BCUT2D eigenvalue weighted by atomic mass is 9.74. The number of fused-ring (bicyclic) bond motifs is 2. The molecule has 1 saturated carbocycles. The highest BCUT2D eigenvalue weighted by Gasteiger charge is 2.48. The minimum absolute atomic E-state index is 0.0628. The summed E-state index contributed by atoms with van der Waals surface area (Å²) in [5.41, 5.74) is -0.584. The zero-order chi connectivity index (χ0) is 27.8. The van der Waals surface area contributed by atoms with Crippen LogP contribution in [-0.2, 0) is 5.41 Å². The first kappa shape index (κ1) is 25.1. The van der Waals surface area contributed by atoms with Crippen molar-refractivity contribution in [2.75, 3.05) is 36.4 Å². The van der Waals surface area contributed by atoms with Crippen LogP contribution in [0.1, 0.15) is 41.4 Å². The minimum atomic E-state index is -1.21. The lowest BCUT2D eigenvalue weighted by Crippen LogP contribution is -2.60. The molecule has 3 amide bonds. The molecule has 0 spiro atoms. The Morgan fingerprint density at radius 2 is 1.93 bits per heavy atom. The summed E-state index contributed by atoms with van der Waals surface area (Å²) in [6, 6.07) is 7.69. The normalized spacial score (nSPS) is 25.4. The van der Waals surface area contributed by atoms with Gasteiger partial charge >= 0.3 is 6.03 Å². The maximum atomic E-state index is 15.5. The molecule has 206 valence electrons. The molecule has 40 heavy (non-hydrogen) atoms. The molecule has 1 atom stereocenters. The number of nitrogens with zero attached hydrogens (tertiary/aromatic N) is 6. The first-order valence-electron chi connectivity index (χ1n) is 13.3. The van der Waals surface area contributed by atoms with E-state index in [1.54, 1.807) is 19.1 Å². The molecule has 1 aromatic carbocycles. The van der Waals surface area contributed by atoms with Crippen LogP contribution >= 0.6 is 11.6 Å². The van der Waals surface area contributed by atoms with Gasteiger partial charge < -0.3 is 15.1 Å². The van der Waals surface area contributed by atoms with E-state index in [4.69, 9.17) is 16.6 Å². The number of hydrogen-bond acceptors (Lipinski definition) is 6. The molecule has 0 radical (unpaired) electrons. The van der Waals surface area contributed by atoms with E-state index in [1.807, 2.05) is 9.80 Å². The predicted octanol–water partition coefficient (Wildman–Crippen LogP) is 4.08. The van der Waals surface area contributed by atoms with Gasteiger partial charge in [0.25, 0.3) is 5.91 Å². The van der Waals surface area contributed by atoms with Crippen molar-refractivity contribution in [3.63, 3.8) is 0 Å². The molecule has 4 aliphatic heterocycles. The van der Waals surface area contributed by atoms with Gasteiger partial charge in [0.2, 0.25) is 5.95 Å². The van der Waals surface area contributed by atoms with Crippen LogP contribution in [0.2, 0.25) is 5.02 Å². The number of rotatable bonds is 4. The van der Waals surface area contributed by atoms with E-state index in [0.29, 0.717) is 30.7 Å². The summed E-state index contributed by atoms with van der Waals surface area (Å²) in [5.74, 6) is -1.11. The van der Waals surface area contributed by atoms with Crippen molar-refractivity contribution in [1.82, 2.24) is 24.8 Å². The molecule has 3 aromatic rings. The highest BCUT2D eigenvalue weighted by molar-refractivity contribution is 6.30. The number of urea groups is 1. The third kappa shape index (κ3) is 3.81. The van der Waals surface area contributed by atoms with Gasteiger partial charge in [-0.1, -0.05) is 23.7 Å². The number of carbonyl (C=O) groups is 2. The van der Waals surface area contributed by atoms with Crippen LogP contribution in [0.3, 0.4) is 0 Å². The number of halogens is 3. The summed E-state index contributed by atoms with van der Waals surface area (Å²) in [4.78, 5) is 44.5. The van der Waals surface area contributed by atoms with Crippen molar-refractivity contribution in [2.24, 2.45) is 5.92 Å². The average Bonchev–Trinajstić information content (AvgIpc) is 3.52. The van der Waals surface area contributed by atoms with Gasteiger partial charge in [-0.15, -0.1) is 0 Å². The number of anilines is 2. The summed E-state index contributed by atoms with van der Waals surface area (Å²) >= 11 is 6.15. The average molecular weight is 566 g/mol. The largest absolute Gasteiger partial charge is 0.348 e. The van der Waals surface area contributed by atoms with Gasteiger partial charge in [0.1, 0.15) is 5.82 Å². The van der Waals surface area contributed by atoms with E-state index in [2.05, 4.69) is 15.3 Å². The first-order valence-corrected chi connectivity index (χ1v) is 13.7. The van der Waals surface area contributed by atoms with Crippen LogP contribution in [-0.4, -0.2) is 75.0 Å². The topological polar surface area (TPSA) is 94.6 Å². The molecule has 12 heteroatoms. The second-order valence-corrected chi connectivity index (χ2v) is 11.7. The maximum absolute atomic E-state index is 15.5. The Kier molecular flexibility index (Phi) is 5.71. The Morgan fingerprint density at radius 1 is 1.12 bits per heavy atom. The Hall–Kier alpha value is -3.86. The van der Waals surface area contributed by atoms with Gasteiger partial charge in [-0.2, -0.15) is 0 Å². The van der Waals surface area contributed by atoms with Crippen LogP contribution < -0.4 is 10.2 Å². The van der Waals surface area contributed by atoms with Gasteiger partial charge in [0.05, 0.1) is 27.7 Å². The van der Waals surface area contributed by atoms with E-state index < -0.39 is 23.0 Å². The van der Waals surface area contributed by atoms with Crippen molar-refractivity contribution in [3.05, 3.63) is 76.2 Å². The zero-order valence-electron chi connectivity index (χ0n) is 21.6. The Morgan fingerprint density at radius 3 is 2.65 bits per heavy atom. The molecule has 0 unspecified atom stereocenters. The van der Waals surface area contributed by atoms with Crippen molar-refractivity contribution < 1.29 is 18.4 Å². The fraction of sp³-hybridized carbons (Fsp3) is 0.393. The Balaban J connectivity index is 1.19. The van der Waals surface area contributed by atoms with E-state index in [-0.39, 0.29) is 46.5 Å². The van der Waals surface area contributed by atoms with Crippen molar-refractivity contribution in [2.45, 2.75) is 37.3 Å². The fourth-order valence-electron chi connectivity index (χ4n) is 6.38. The number of amides is 3. The van der Waals surface area contributed by atoms with E-state index in [9.17, 15) is 14.0 Å². The second kappa shape index (κ2) is 9.09. The molecular weight excluding hydrogens is 540 g/mol. The fourth-order valence-corrected chi connectivity index (χ4v) is 6.56. The summed E-state index contributed by atoms with van der Waals surface area (Å²) in [6.45, 7) is 3.49. The third-order valence-electron chi connectivity index (χ3n) is 8.64. The van der Waals surface area contributed by atoms with Crippen LogP contribution in [0.25, 0.3) is 0 Å². The zero-order valence-corrected chi connectivity index (χ0v) is 22.4. The van der Waals surface area contributed by atoms with Crippen LogP contribution in [0.15, 0.2) is 42.7 Å². The smallest absolute Gasteiger partial charge is 0.320 e. The number of nitrogens with one attached hydrogen (secondary N) is 1. The summed E-state index contributed by atoms with van der Waals surface area (Å²) < 4.78 is 30.2. The lowest BCUT2D eigenvalue weighted by molar-refractivity contribution is 0.0966. The molecule has 6 heterocycles. The number of hydrogen-bond donors (Lipinski definition) is 1. The quantitative estimate of drug-likeness (QED) is 0.512. The number of benzene rings is 1. The molecule has 2 bridgehead atoms. The van der Waals surface area contributed by atoms with Crippen LogP contribution in [0, 0.1) is 17.6 Å². The Bertz CT molecular complexity index is 1540. The Labute approximate surface area is 234 Å². The standard InChI is InChI=1S/C28H26ClF2N7O2/c1-28(19-4-2-5-20(29)22(19)31)14-38(24-21(30)6-3-7-32-24)25(39)18-10-33-26(35-23(18)28)34-16-12-36(13-16)27(40)37-11-15-8-17(37)9-15/h2-7,10,15-17H,8-9,11-14H2,1H3,(H,33,34,35)/t15?,17?,28-/m0/s1. The third-order valence-corrected chi connectivity index (χ3v) is 8.93. The summed E-state index contributed by atoms with van der Waals surface area (Å²) in [7, 11) is 0. The molecule has 2 aromatic heterocycles. The first-order chi connectivity index (χ1) is 19.2. The van der Waals surface area contributed by atoms with E-state index in [0.717, 1.165) is 19.4 Å². The summed E-state index contributed by atoms with van der Waals surface area (Å²) in [5, 5.41) is 3.18. The highest BCUT2D eigenvalue weighted by Crippen LogP contribution is 2.43. The number of aromatic nitrogens is 3. The van der Waals surface area contributed by atoms with Crippen LogP contribution in [0.5, 0.6) is 0 Å². The number of likely N-dealkylation sites (tertiary alicyclic amines) is 1. The summed E-state index contributed by atoms with van der Waals surface area (Å²) in [6.07, 6.45) is 4.99. The van der Waals surface area contributed by atoms with Crippen molar-refractivity contribution in [3.8, 4) is 0 Å². The second-order valence-electron chi connectivity index (χ2n) is 11.3. The number of pyridine rings is 1. The molecule has 4 fully saturated rings. The minimum Gasteiger partial charge on any atom is -0.348 e. The molecular formula is C28H26ClF2N7O2.